The van der Waals surface area contributed by atoms with Crippen molar-refractivity contribution >= 4 is 40.9 Å². The molecule has 0 bridgehead atoms. The van der Waals surface area contributed by atoms with E-state index >= 15 is 0 Å². The van der Waals surface area contributed by atoms with E-state index in [9.17, 15) is 4.79 Å². The summed E-state index contributed by atoms with van der Waals surface area (Å²) in [5.41, 5.74) is 2.23. The van der Waals surface area contributed by atoms with Crippen LogP contribution >= 0.6 is 23.8 Å². The molecule has 0 aliphatic carbocycles. The molecule has 28 heavy (non-hydrogen) atoms. The first kappa shape index (κ1) is 20.2. The smallest absolute Gasteiger partial charge is 0.276 e. The number of nitrogens with zero attached hydrogens (tertiary/aromatic N) is 1. The predicted octanol–water partition coefficient (Wildman–Crippen LogP) is 4.40. The molecule has 0 atom stereocenters. The number of hydrogen-bond acceptors (Lipinski definition) is 4. The second-order valence-electron chi connectivity index (χ2n) is 6.10. The summed E-state index contributed by atoms with van der Waals surface area (Å²) in [5.74, 6) is 1.10. The zero-order chi connectivity index (χ0) is 20.1. The van der Waals surface area contributed by atoms with E-state index in [0.717, 1.165) is 11.1 Å². The molecule has 1 heterocycles. The second-order valence-corrected chi connectivity index (χ2v) is 6.92. The van der Waals surface area contributed by atoms with Crippen molar-refractivity contribution in [1.29, 1.82) is 0 Å². The summed E-state index contributed by atoms with van der Waals surface area (Å²) >= 11 is 11.2. The lowest BCUT2D eigenvalue weighted by molar-refractivity contribution is -0.122. The lowest BCUT2D eigenvalue weighted by Crippen LogP contribution is -2.30. The van der Waals surface area contributed by atoms with Crippen LogP contribution in [0.4, 0.5) is 0 Å². The van der Waals surface area contributed by atoms with Gasteiger partial charge in [-0.25, -0.2) is 0 Å². The Labute approximate surface area is 174 Å². The average molecular weight is 417 g/mol. The second kappa shape index (κ2) is 9.08. The Bertz CT molecular complexity index is 930. The predicted molar refractivity (Wildman–Crippen MR) is 114 cm³/mol. The lowest BCUT2D eigenvalue weighted by Gasteiger charge is -2.13. The first-order valence-corrected chi connectivity index (χ1v) is 9.79. The van der Waals surface area contributed by atoms with Gasteiger partial charge in [-0.2, -0.15) is 0 Å². The van der Waals surface area contributed by atoms with Crippen LogP contribution in [0.25, 0.3) is 6.08 Å². The summed E-state index contributed by atoms with van der Waals surface area (Å²) in [5, 5.41) is 4.04. The van der Waals surface area contributed by atoms with Crippen LogP contribution in [0.5, 0.6) is 11.5 Å². The lowest BCUT2D eigenvalue weighted by atomic mass is 10.1. The maximum Gasteiger partial charge on any atom is 0.276 e. The third kappa shape index (κ3) is 4.64. The number of thiocarbonyl (C=S) groups is 1. The maximum absolute atomic E-state index is 12.4. The average Bonchev–Trinajstić information content (AvgIpc) is 2.94. The molecule has 1 fully saturated rings. The summed E-state index contributed by atoms with van der Waals surface area (Å²) in [4.78, 5) is 13.9. The van der Waals surface area contributed by atoms with Crippen LogP contribution in [0, 0.1) is 0 Å². The standard InChI is InChI=1S/C21H21ClN2O3S/c1-3-24-20(25)17(23-21(24)28)11-14-8-9-18(19(12-14)26-4-2)27-13-15-6-5-7-16(22)10-15/h5-12H,3-4,13H2,1-2H3,(H,23,28)/b17-11-. The van der Waals surface area contributed by atoms with Gasteiger partial charge in [0.15, 0.2) is 16.6 Å². The fourth-order valence-corrected chi connectivity index (χ4v) is 3.35. The molecule has 146 valence electrons. The number of nitrogens with one attached hydrogen (secondary N) is 1. The van der Waals surface area contributed by atoms with Crippen LogP contribution < -0.4 is 14.8 Å². The van der Waals surface area contributed by atoms with E-state index in [-0.39, 0.29) is 5.91 Å². The Morgan fingerprint density at radius 1 is 1.14 bits per heavy atom. The Morgan fingerprint density at radius 2 is 1.96 bits per heavy atom. The van der Waals surface area contributed by atoms with Gasteiger partial charge in [0.2, 0.25) is 0 Å². The highest BCUT2D eigenvalue weighted by Crippen LogP contribution is 2.30. The molecule has 2 aromatic rings. The summed E-state index contributed by atoms with van der Waals surface area (Å²) in [7, 11) is 0. The molecule has 0 saturated carbocycles. The van der Waals surface area contributed by atoms with Gasteiger partial charge in [0, 0.05) is 11.6 Å². The van der Waals surface area contributed by atoms with Crippen LogP contribution in [0.3, 0.4) is 0 Å². The van der Waals surface area contributed by atoms with Crippen molar-refractivity contribution in [1.82, 2.24) is 10.2 Å². The molecule has 1 amide bonds. The van der Waals surface area contributed by atoms with Crippen LogP contribution in [-0.4, -0.2) is 29.1 Å². The normalized spacial score (nSPS) is 15.1. The highest BCUT2D eigenvalue weighted by molar-refractivity contribution is 7.80. The van der Waals surface area contributed by atoms with Gasteiger partial charge in [0.25, 0.3) is 5.91 Å². The third-order valence-corrected chi connectivity index (χ3v) is 4.70. The Kier molecular flexibility index (Phi) is 6.54. The van der Waals surface area contributed by atoms with Gasteiger partial charge in [0.1, 0.15) is 12.3 Å². The van der Waals surface area contributed by atoms with Gasteiger partial charge in [-0.05, 0) is 67.5 Å². The van der Waals surface area contributed by atoms with Gasteiger partial charge < -0.3 is 14.8 Å². The van der Waals surface area contributed by atoms with E-state index in [1.807, 2.05) is 56.3 Å². The number of amides is 1. The van der Waals surface area contributed by atoms with E-state index in [1.165, 1.54) is 4.90 Å². The summed E-state index contributed by atoms with van der Waals surface area (Å²) in [6.07, 6.45) is 1.76. The van der Waals surface area contributed by atoms with Gasteiger partial charge in [-0.3, -0.25) is 9.69 Å². The molecule has 1 saturated heterocycles. The first-order valence-electron chi connectivity index (χ1n) is 9.00. The fourth-order valence-electron chi connectivity index (χ4n) is 2.82. The molecule has 7 heteroatoms. The van der Waals surface area contributed by atoms with Crippen molar-refractivity contribution in [2.75, 3.05) is 13.2 Å². The molecular weight excluding hydrogens is 396 g/mol. The summed E-state index contributed by atoms with van der Waals surface area (Å²) < 4.78 is 11.6. The summed E-state index contributed by atoms with van der Waals surface area (Å²) in [6, 6.07) is 13.1. The van der Waals surface area contributed by atoms with E-state index in [4.69, 9.17) is 33.3 Å². The zero-order valence-corrected chi connectivity index (χ0v) is 17.3. The number of halogens is 1. The molecule has 0 unspecified atom stereocenters. The van der Waals surface area contributed by atoms with E-state index < -0.39 is 0 Å². The van der Waals surface area contributed by atoms with E-state index in [1.54, 1.807) is 6.08 Å². The SMILES string of the molecule is CCOc1cc(/C=C2\NC(=S)N(CC)C2=O)ccc1OCc1cccc(Cl)c1. The van der Waals surface area contributed by atoms with Crippen molar-refractivity contribution in [3.8, 4) is 11.5 Å². The van der Waals surface area contributed by atoms with Crippen molar-refractivity contribution in [3.63, 3.8) is 0 Å². The molecule has 0 aromatic heterocycles. The molecule has 3 rings (SSSR count). The van der Waals surface area contributed by atoms with Gasteiger partial charge in [0.05, 0.1) is 6.61 Å². The summed E-state index contributed by atoms with van der Waals surface area (Å²) in [6.45, 7) is 5.20. The van der Waals surface area contributed by atoms with Crippen LogP contribution in [0.15, 0.2) is 48.2 Å². The largest absolute Gasteiger partial charge is 0.490 e. The number of benzene rings is 2. The van der Waals surface area contributed by atoms with Gasteiger partial charge in [-0.15, -0.1) is 0 Å². The topological polar surface area (TPSA) is 50.8 Å². The van der Waals surface area contributed by atoms with Crippen molar-refractivity contribution in [2.45, 2.75) is 20.5 Å². The molecule has 1 aliphatic heterocycles. The number of rotatable bonds is 7. The van der Waals surface area contributed by atoms with Crippen LogP contribution in [0.2, 0.25) is 5.02 Å². The quantitative estimate of drug-likeness (QED) is 0.535. The highest BCUT2D eigenvalue weighted by Gasteiger charge is 2.29. The first-order chi connectivity index (χ1) is 13.5. The molecule has 0 radical (unpaired) electrons. The fraction of sp³-hybridized carbons (Fsp3) is 0.238. The maximum atomic E-state index is 12.4. The number of hydrogen-bond donors (Lipinski definition) is 1. The minimum absolute atomic E-state index is 0.133. The van der Waals surface area contributed by atoms with Crippen molar-refractivity contribution in [2.24, 2.45) is 0 Å². The van der Waals surface area contributed by atoms with Crippen molar-refractivity contribution in [3.05, 3.63) is 64.3 Å². The van der Waals surface area contributed by atoms with E-state index in [0.29, 0.717) is 47.1 Å². The Balaban J connectivity index is 1.80. The van der Waals surface area contributed by atoms with Crippen LogP contribution in [0.1, 0.15) is 25.0 Å². The number of likely N-dealkylation sites (N-methyl/N-ethyl adjacent to an activating group) is 1. The Hall–Kier alpha value is -2.57. The Morgan fingerprint density at radius 3 is 2.64 bits per heavy atom. The minimum atomic E-state index is -0.133. The molecule has 5 nitrogen and oxygen atoms in total. The molecule has 0 spiro atoms. The number of ether oxygens (including phenoxy) is 2. The molecule has 2 aromatic carbocycles. The van der Waals surface area contributed by atoms with Crippen LogP contribution in [-0.2, 0) is 11.4 Å². The van der Waals surface area contributed by atoms with Crippen molar-refractivity contribution < 1.29 is 14.3 Å². The van der Waals surface area contributed by atoms with Gasteiger partial charge in [-0.1, -0.05) is 29.8 Å². The third-order valence-electron chi connectivity index (χ3n) is 4.14. The molecule has 1 N–H and O–H groups in total. The molecule has 1 aliphatic rings. The number of carbonyl (C=O) groups is 1. The minimum Gasteiger partial charge on any atom is -0.490 e. The monoisotopic (exact) mass is 416 g/mol. The van der Waals surface area contributed by atoms with E-state index in [2.05, 4.69) is 5.32 Å². The zero-order valence-electron chi connectivity index (χ0n) is 15.7. The highest BCUT2D eigenvalue weighted by atomic mass is 35.5. The van der Waals surface area contributed by atoms with Gasteiger partial charge >= 0.3 is 0 Å². The molecular formula is C21H21ClN2O3S. The number of carbonyl (C=O) groups excluding carboxylic acids is 1.